The zero-order chi connectivity index (χ0) is 14.5. The van der Waals surface area contributed by atoms with E-state index in [4.69, 9.17) is 0 Å². The first-order chi connectivity index (χ1) is 10.3. The van der Waals surface area contributed by atoms with Crippen molar-refractivity contribution in [3.05, 3.63) is 72.1 Å². The molecule has 21 heavy (non-hydrogen) atoms. The maximum Gasteiger partial charge on any atom is 0.0401 e. The van der Waals surface area contributed by atoms with Gasteiger partial charge in [0, 0.05) is 35.8 Å². The molecular formula is C18H18N2S. The van der Waals surface area contributed by atoms with Crippen LogP contribution in [-0.4, -0.2) is 11.2 Å². The van der Waals surface area contributed by atoms with E-state index in [2.05, 4.69) is 65.1 Å². The van der Waals surface area contributed by atoms with E-state index in [1.807, 2.05) is 24.2 Å². The highest BCUT2D eigenvalue weighted by Crippen LogP contribution is 2.17. The number of thioether (sulfide) groups is 1. The topological polar surface area (TPSA) is 24.9 Å². The monoisotopic (exact) mass is 294 g/mol. The molecule has 0 bridgehead atoms. The molecule has 0 amide bonds. The molecule has 0 saturated heterocycles. The number of anilines is 1. The van der Waals surface area contributed by atoms with Crippen LogP contribution in [0.3, 0.4) is 0 Å². The lowest BCUT2D eigenvalue weighted by Crippen LogP contribution is -1.99. The molecule has 3 aromatic rings. The largest absolute Gasteiger partial charge is 0.381 e. The van der Waals surface area contributed by atoms with Crippen LogP contribution in [0, 0.1) is 0 Å². The fourth-order valence-electron chi connectivity index (χ4n) is 2.33. The lowest BCUT2D eigenvalue weighted by molar-refractivity contribution is 1.15. The predicted molar refractivity (Wildman–Crippen MR) is 92.7 cm³/mol. The van der Waals surface area contributed by atoms with Crippen LogP contribution in [0.2, 0.25) is 0 Å². The summed E-state index contributed by atoms with van der Waals surface area (Å²) < 4.78 is 0. The minimum atomic E-state index is 0.833. The summed E-state index contributed by atoms with van der Waals surface area (Å²) in [6, 6.07) is 17.2. The Morgan fingerprint density at radius 2 is 1.76 bits per heavy atom. The molecule has 0 radical (unpaired) electrons. The molecule has 1 aromatic heterocycles. The van der Waals surface area contributed by atoms with E-state index in [1.54, 1.807) is 0 Å². The summed E-state index contributed by atoms with van der Waals surface area (Å²) in [6.45, 7) is 0.833. The molecule has 0 fully saturated rings. The molecule has 0 aliphatic rings. The number of aromatic nitrogens is 1. The Labute approximate surface area is 129 Å². The van der Waals surface area contributed by atoms with Crippen LogP contribution in [0.5, 0.6) is 0 Å². The molecule has 0 saturated carbocycles. The standard InChI is InChI=1S/C18H18N2S/c1-21-13-14-3-6-18(7-4-14)20-11-15-2-5-17-12-19-9-8-16(17)10-15/h2-10,12,20H,11,13H2,1H3. The van der Waals surface area contributed by atoms with Gasteiger partial charge in [-0.1, -0.05) is 24.3 Å². The number of nitrogens with one attached hydrogen (secondary N) is 1. The number of hydrogen-bond donors (Lipinski definition) is 1. The van der Waals surface area contributed by atoms with Crippen LogP contribution in [0.4, 0.5) is 5.69 Å². The minimum Gasteiger partial charge on any atom is -0.381 e. The van der Waals surface area contributed by atoms with Gasteiger partial charge in [0.25, 0.3) is 0 Å². The van der Waals surface area contributed by atoms with Gasteiger partial charge < -0.3 is 5.32 Å². The van der Waals surface area contributed by atoms with Crippen LogP contribution in [0.1, 0.15) is 11.1 Å². The fourth-order valence-corrected chi connectivity index (χ4v) is 2.86. The van der Waals surface area contributed by atoms with Crippen molar-refractivity contribution < 1.29 is 0 Å². The molecule has 2 aromatic carbocycles. The van der Waals surface area contributed by atoms with Crippen molar-refractivity contribution in [1.82, 2.24) is 4.98 Å². The van der Waals surface area contributed by atoms with E-state index < -0.39 is 0 Å². The Balaban J connectivity index is 1.68. The van der Waals surface area contributed by atoms with Gasteiger partial charge in [0.05, 0.1) is 0 Å². The smallest absolute Gasteiger partial charge is 0.0401 e. The molecular weight excluding hydrogens is 276 g/mol. The van der Waals surface area contributed by atoms with E-state index in [9.17, 15) is 0 Å². The second kappa shape index (κ2) is 6.64. The van der Waals surface area contributed by atoms with Crippen molar-refractivity contribution in [2.24, 2.45) is 0 Å². The molecule has 0 aliphatic heterocycles. The van der Waals surface area contributed by atoms with Gasteiger partial charge in [-0.25, -0.2) is 0 Å². The summed E-state index contributed by atoms with van der Waals surface area (Å²) in [4.78, 5) is 4.14. The summed E-state index contributed by atoms with van der Waals surface area (Å²) in [7, 11) is 0. The van der Waals surface area contributed by atoms with Gasteiger partial charge in [-0.15, -0.1) is 0 Å². The Morgan fingerprint density at radius 3 is 2.57 bits per heavy atom. The fraction of sp³-hybridized carbons (Fsp3) is 0.167. The van der Waals surface area contributed by atoms with Gasteiger partial charge >= 0.3 is 0 Å². The zero-order valence-electron chi connectivity index (χ0n) is 12.0. The molecule has 0 aliphatic carbocycles. The quantitative estimate of drug-likeness (QED) is 0.737. The Kier molecular flexibility index (Phi) is 4.41. The Morgan fingerprint density at radius 1 is 0.952 bits per heavy atom. The second-order valence-electron chi connectivity index (χ2n) is 5.04. The number of pyridine rings is 1. The lowest BCUT2D eigenvalue weighted by Gasteiger charge is -2.08. The first-order valence-corrected chi connectivity index (χ1v) is 8.39. The third kappa shape index (κ3) is 3.56. The van der Waals surface area contributed by atoms with Crippen molar-refractivity contribution in [2.45, 2.75) is 12.3 Å². The number of nitrogens with zero attached hydrogens (tertiary/aromatic N) is 1. The lowest BCUT2D eigenvalue weighted by atomic mass is 10.1. The maximum absolute atomic E-state index is 4.14. The van der Waals surface area contributed by atoms with Crippen LogP contribution >= 0.6 is 11.8 Å². The van der Waals surface area contributed by atoms with E-state index in [1.165, 1.54) is 21.9 Å². The van der Waals surface area contributed by atoms with Crippen molar-refractivity contribution in [3.8, 4) is 0 Å². The van der Waals surface area contributed by atoms with Crippen molar-refractivity contribution in [1.29, 1.82) is 0 Å². The van der Waals surface area contributed by atoms with Gasteiger partial charge in [0.15, 0.2) is 0 Å². The molecule has 0 unspecified atom stereocenters. The number of fused-ring (bicyclic) bond motifs is 1. The average Bonchev–Trinajstić information content (AvgIpc) is 2.54. The van der Waals surface area contributed by atoms with E-state index in [0.717, 1.165) is 18.0 Å². The minimum absolute atomic E-state index is 0.833. The van der Waals surface area contributed by atoms with E-state index in [0.29, 0.717) is 0 Å². The third-order valence-electron chi connectivity index (χ3n) is 3.47. The first kappa shape index (κ1) is 14.0. The highest BCUT2D eigenvalue weighted by atomic mass is 32.2. The van der Waals surface area contributed by atoms with Gasteiger partial charge in [-0.3, -0.25) is 4.98 Å². The highest BCUT2D eigenvalue weighted by molar-refractivity contribution is 7.97. The number of hydrogen-bond acceptors (Lipinski definition) is 3. The molecule has 3 rings (SSSR count). The molecule has 106 valence electrons. The molecule has 2 nitrogen and oxygen atoms in total. The van der Waals surface area contributed by atoms with E-state index in [-0.39, 0.29) is 0 Å². The second-order valence-corrected chi connectivity index (χ2v) is 5.91. The summed E-state index contributed by atoms with van der Waals surface area (Å²) in [5, 5.41) is 5.89. The van der Waals surface area contributed by atoms with Crippen LogP contribution in [0.25, 0.3) is 10.8 Å². The predicted octanol–water partition coefficient (Wildman–Crippen LogP) is 4.71. The molecule has 0 spiro atoms. The van der Waals surface area contributed by atoms with Crippen LogP contribution in [0.15, 0.2) is 60.9 Å². The van der Waals surface area contributed by atoms with Crippen molar-refractivity contribution in [3.63, 3.8) is 0 Å². The SMILES string of the molecule is CSCc1ccc(NCc2ccc3cnccc3c2)cc1. The number of benzene rings is 2. The zero-order valence-corrected chi connectivity index (χ0v) is 12.9. The van der Waals surface area contributed by atoms with Crippen LogP contribution in [-0.2, 0) is 12.3 Å². The Bertz CT molecular complexity index is 723. The average molecular weight is 294 g/mol. The van der Waals surface area contributed by atoms with Gasteiger partial charge in [-0.05, 0) is 47.0 Å². The third-order valence-corrected chi connectivity index (χ3v) is 4.09. The molecule has 3 heteroatoms. The highest BCUT2D eigenvalue weighted by Gasteiger charge is 1.98. The van der Waals surface area contributed by atoms with Crippen molar-refractivity contribution >= 4 is 28.2 Å². The van der Waals surface area contributed by atoms with E-state index >= 15 is 0 Å². The first-order valence-electron chi connectivity index (χ1n) is 6.99. The molecule has 1 N–H and O–H groups in total. The summed E-state index contributed by atoms with van der Waals surface area (Å²) in [5.41, 5.74) is 3.81. The maximum atomic E-state index is 4.14. The summed E-state index contributed by atoms with van der Waals surface area (Å²) in [6.07, 6.45) is 5.86. The van der Waals surface area contributed by atoms with Gasteiger partial charge in [0.2, 0.25) is 0 Å². The Hall–Kier alpha value is -2.00. The van der Waals surface area contributed by atoms with Gasteiger partial charge in [0.1, 0.15) is 0 Å². The normalized spacial score (nSPS) is 10.7. The van der Waals surface area contributed by atoms with Gasteiger partial charge in [-0.2, -0.15) is 11.8 Å². The number of rotatable bonds is 5. The molecule has 1 heterocycles. The van der Waals surface area contributed by atoms with Crippen LogP contribution < -0.4 is 5.32 Å². The molecule has 0 atom stereocenters. The summed E-state index contributed by atoms with van der Waals surface area (Å²) in [5.74, 6) is 1.07. The summed E-state index contributed by atoms with van der Waals surface area (Å²) >= 11 is 1.85. The van der Waals surface area contributed by atoms with Crippen molar-refractivity contribution in [2.75, 3.05) is 11.6 Å².